The number of benzene rings is 1. The molecular weight excluding hydrogens is 316 g/mol. The Labute approximate surface area is 127 Å². The molecule has 0 saturated carbocycles. The molecule has 0 spiro atoms. The molecule has 0 atom stereocenters. The minimum atomic E-state index is 0.839. The van der Waals surface area contributed by atoms with Crippen molar-refractivity contribution in [2.45, 2.75) is 19.8 Å². The second kappa shape index (κ2) is 5.44. The maximum absolute atomic E-state index is 6.11. The molecule has 0 N–H and O–H groups in total. The molecule has 1 aliphatic carbocycles. The predicted octanol–water partition coefficient (Wildman–Crippen LogP) is 4.39. The van der Waals surface area contributed by atoms with Crippen molar-refractivity contribution in [2.75, 3.05) is 13.6 Å². The second-order valence-corrected chi connectivity index (χ2v) is 5.97. The predicted molar refractivity (Wildman–Crippen MR) is 85.7 cm³/mol. The van der Waals surface area contributed by atoms with Gasteiger partial charge in [-0.1, -0.05) is 28.1 Å². The van der Waals surface area contributed by atoms with Crippen LogP contribution in [-0.4, -0.2) is 24.3 Å². The first-order valence-corrected chi connectivity index (χ1v) is 7.64. The van der Waals surface area contributed by atoms with Crippen LogP contribution in [0.15, 0.2) is 51.1 Å². The Balaban J connectivity index is 2.17. The van der Waals surface area contributed by atoms with E-state index in [0.29, 0.717) is 0 Å². The highest BCUT2D eigenvalue weighted by Gasteiger charge is 2.24. The van der Waals surface area contributed by atoms with E-state index in [1.54, 1.807) is 0 Å². The third-order valence-electron chi connectivity index (χ3n) is 3.59. The molecule has 0 amide bonds. The van der Waals surface area contributed by atoms with Crippen LogP contribution in [-0.2, 0) is 0 Å². The van der Waals surface area contributed by atoms with E-state index in [4.69, 9.17) is 9.73 Å². The van der Waals surface area contributed by atoms with Gasteiger partial charge in [0.25, 0.3) is 0 Å². The van der Waals surface area contributed by atoms with Crippen LogP contribution in [0.1, 0.15) is 19.8 Å². The van der Waals surface area contributed by atoms with Crippen LogP contribution in [0.3, 0.4) is 0 Å². The zero-order valence-corrected chi connectivity index (χ0v) is 13.3. The largest absolute Gasteiger partial charge is 0.459 e. The van der Waals surface area contributed by atoms with E-state index in [9.17, 15) is 0 Å². The van der Waals surface area contributed by atoms with Crippen LogP contribution < -0.4 is 4.74 Å². The number of hydrogen-bond acceptors (Lipinski definition) is 3. The average molecular weight is 333 g/mol. The fourth-order valence-electron chi connectivity index (χ4n) is 2.36. The van der Waals surface area contributed by atoms with Gasteiger partial charge in [-0.25, -0.2) is 4.99 Å². The van der Waals surface area contributed by atoms with Crippen LogP contribution in [0.4, 0.5) is 5.69 Å². The molecule has 0 radical (unpaired) electrons. The first-order valence-electron chi connectivity index (χ1n) is 6.85. The molecule has 1 aliphatic heterocycles. The van der Waals surface area contributed by atoms with Crippen LogP contribution in [0.2, 0.25) is 0 Å². The Bertz CT molecular complexity index is 631. The number of amidine groups is 1. The van der Waals surface area contributed by atoms with E-state index >= 15 is 0 Å². The Morgan fingerprint density at radius 2 is 2.10 bits per heavy atom. The van der Waals surface area contributed by atoms with Gasteiger partial charge in [-0.2, -0.15) is 0 Å². The molecule has 4 heteroatoms. The molecule has 0 aromatic heterocycles. The number of rotatable bonds is 1. The van der Waals surface area contributed by atoms with Gasteiger partial charge >= 0.3 is 0 Å². The number of fused-ring (bicyclic) bond motifs is 1. The maximum Gasteiger partial charge on any atom is 0.152 e. The van der Waals surface area contributed by atoms with Gasteiger partial charge in [-0.15, -0.1) is 0 Å². The number of nitrogens with zero attached hydrogens (tertiary/aromatic N) is 2. The summed E-state index contributed by atoms with van der Waals surface area (Å²) in [4.78, 5) is 6.98. The topological polar surface area (TPSA) is 24.8 Å². The van der Waals surface area contributed by atoms with Crippen molar-refractivity contribution in [3.8, 4) is 5.75 Å². The lowest BCUT2D eigenvalue weighted by Crippen LogP contribution is -2.29. The number of likely N-dealkylation sites (N-methyl/N-ethyl adjacent to an activating group) is 1. The van der Waals surface area contributed by atoms with Crippen LogP contribution in [0.5, 0.6) is 5.75 Å². The lowest BCUT2D eigenvalue weighted by atomic mass is 10.0. The third kappa shape index (κ3) is 2.40. The van der Waals surface area contributed by atoms with Crippen molar-refractivity contribution in [3.63, 3.8) is 0 Å². The van der Waals surface area contributed by atoms with Crippen molar-refractivity contribution in [3.05, 3.63) is 46.2 Å². The molecule has 3 nitrogen and oxygen atoms in total. The summed E-state index contributed by atoms with van der Waals surface area (Å²) in [5.74, 6) is 2.83. The minimum absolute atomic E-state index is 0.839. The van der Waals surface area contributed by atoms with Gasteiger partial charge in [-0.05, 0) is 36.0 Å². The quantitative estimate of drug-likeness (QED) is 0.761. The van der Waals surface area contributed by atoms with Gasteiger partial charge in [0, 0.05) is 20.0 Å². The summed E-state index contributed by atoms with van der Waals surface area (Å²) < 4.78 is 7.30. The molecule has 0 fully saturated rings. The van der Waals surface area contributed by atoms with E-state index in [0.717, 1.165) is 48.0 Å². The third-order valence-corrected chi connectivity index (χ3v) is 4.22. The first kappa shape index (κ1) is 13.4. The molecular formula is C16H17BrN2O. The number of ether oxygens (including phenoxy) is 1. The summed E-state index contributed by atoms with van der Waals surface area (Å²) in [6, 6.07) is 7.95. The van der Waals surface area contributed by atoms with Crippen molar-refractivity contribution >= 4 is 27.5 Å². The number of allylic oxidation sites excluding steroid dienone is 2. The fourth-order valence-corrected chi connectivity index (χ4v) is 2.78. The van der Waals surface area contributed by atoms with Crippen LogP contribution in [0.25, 0.3) is 0 Å². The van der Waals surface area contributed by atoms with Crippen molar-refractivity contribution in [1.29, 1.82) is 0 Å². The Hall–Kier alpha value is -1.55. The lowest BCUT2D eigenvalue weighted by molar-refractivity contribution is 0.401. The molecule has 2 aliphatic rings. The van der Waals surface area contributed by atoms with E-state index in [2.05, 4.69) is 40.9 Å². The Kier molecular flexibility index (Phi) is 3.66. The molecule has 0 bridgehead atoms. The van der Waals surface area contributed by atoms with Crippen molar-refractivity contribution < 1.29 is 4.74 Å². The molecule has 0 saturated heterocycles. The summed E-state index contributed by atoms with van der Waals surface area (Å²) in [7, 11) is 2.06. The molecule has 3 rings (SSSR count). The van der Waals surface area contributed by atoms with Gasteiger partial charge in [-0.3, -0.25) is 0 Å². The molecule has 1 heterocycles. The summed E-state index contributed by atoms with van der Waals surface area (Å²) in [5.41, 5.74) is 1.98. The highest BCUT2D eigenvalue weighted by Crippen LogP contribution is 2.38. The number of hydrogen-bond donors (Lipinski definition) is 0. The SMILES string of the molecule is CCN(C)C1=Nc2ccccc2OC2=C1C=C(Br)CC2. The minimum Gasteiger partial charge on any atom is -0.459 e. The molecule has 1 aromatic rings. The number of aliphatic imine (C=N–C) groups is 1. The van der Waals surface area contributed by atoms with Gasteiger partial charge in [0.1, 0.15) is 17.3 Å². The highest BCUT2D eigenvalue weighted by molar-refractivity contribution is 9.11. The van der Waals surface area contributed by atoms with Gasteiger partial charge in [0.15, 0.2) is 5.75 Å². The zero-order valence-electron chi connectivity index (χ0n) is 11.7. The fraction of sp³-hybridized carbons (Fsp3) is 0.312. The first-order chi connectivity index (χ1) is 9.69. The lowest BCUT2D eigenvalue weighted by Gasteiger charge is -2.23. The van der Waals surface area contributed by atoms with E-state index < -0.39 is 0 Å². The van der Waals surface area contributed by atoms with Gasteiger partial charge in [0.05, 0.1) is 5.57 Å². The monoisotopic (exact) mass is 332 g/mol. The smallest absolute Gasteiger partial charge is 0.152 e. The summed E-state index contributed by atoms with van der Waals surface area (Å²) >= 11 is 3.61. The van der Waals surface area contributed by atoms with Crippen molar-refractivity contribution in [1.82, 2.24) is 4.90 Å². The standard InChI is InChI=1S/C16H17BrN2O/c1-3-19(2)16-12-10-11(17)8-9-14(12)20-15-7-5-4-6-13(15)18-16/h4-7,10H,3,8-9H2,1-2H3. The number of halogens is 1. The van der Waals surface area contributed by atoms with E-state index in [-0.39, 0.29) is 0 Å². The van der Waals surface area contributed by atoms with Crippen LogP contribution in [0, 0.1) is 0 Å². The average Bonchev–Trinajstić information content (AvgIpc) is 2.63. The Morgan fingerprint density at radius 3 is 2.90 bits per heavy atom. The molecule has 20 heavy (non-hydrogen) atoms. The van der Waals surface area contributed by atoms with Crippen LogP contribution >= 0.6 is 15.9 Å². The molecule has 104 valence electrons. The summed E-state index contributed by atoms with van der Waals surface area (Å²) in [6.45, 7) is 3.03. The molecule has 0 unspecified atom stereocenters. The molecule has 1 aromatic carbocycles. The highest BCUT2D eigenvalue weighted by atomic mass is 79.9. The second-order valence-electron chi connectivity index (χ2n) is 4.95. The van der Waals surface area contributed by atoms with E-state index in [1.165, 1.54) is 4.48 Å². The Morgan fingerprint density at radius 1 is 1.30 bits per heavy atom. The number of para-hydroxylation sites is 2. The zero-order chi connectivity index (χ0) is 14.1. The van der Waals surface area contributed by atoms with Crippen molar-refractivity contribution in [2.24, 2.45) is 4.99 Å². The normalized spacial score (nSPS) is 17.4. The summed E-state index contributed by atoms with van der Waals surface area (Å²) in [6.07, 6.45) is 4.01. The van der Waals surface area contributed by atoms with E-state index in [1.807, 2.05) is 24.3 Å². The van der Waals surface area contributed by atoms with Gasteiger partial charge < -0.3 is 9.64 Å². The summed E-state index contributed by atoms with van der Waals surface area (Å²) in [5, 5.41) is 0. The maximum atomic E-state index is 6.11. The van der Waals surface area contributed by atoms with Gasteiger partial charge in [0.2, 0.25) is 0 Å².